The highest BCUT2D eigenvalue weighted by molar-refractivity contribution is 9.10. The average molecular weight is 315 g/mol. The van der Waals surface area contributed by atoms with Gasteiger partial charge in [-0.3, -0.25) is 0 Å². The average Bonchev–Trinajstić information content (AvgIpc) is 2.86. The summed E-state index contributed by atoms with van der Waals surface area (Å²) in [5.74, 6) is 0.946. The van der Waals surface area contributed by atoms with E-state index in [1.165, 1.54) is 0 Å². The zero-order valence-electron chi connectivity index (χ0n) is 11.0. The van der Waals surface area contributed by atoms with Crippen LogP contribution in [0.3, 0.4) is 0 Å². The molecule has 2 atom stereocenters. The Hall–Kier alpha value is -0.580. The minimum Gasteiger partial charge on any atom is -0.496 e. The summed E-state index contributed by atoms with van der Waals surface area (Å²) in [4.78, 5) is 0. The molecule has 0 amide bonds. The van der Waals surface area contributed by atoms with Crippen LogP contribution in [0.15, 0.2) is 10.5 Å². The molecule has 2 rings (SSSR count). The van der Waals surface area contributed by atoms with Gasteiger partial charge >= 0.3 is 0 Å². The first-order chi connectivity index (χ1) is 8.56. The number of methoxy groups -OCH3 is 1. The molecule has 4 heteroatoms. The quantitative estimate of drug-likeness (QED) is 0.931. The van der Waals surface area contributed by atoms with Crippen molar-refractivity contribution in [3.8, 4) is 5.75 Å². The van der Waals surface area contributed by atoms with E-state index in [4.69, 9.17) is 9.47 Å². The lowest BCUT2D eigenvalue weighted by Gasteiger charge is -2.23. The minimum atomic E-state index is -0.529. The molecule has 1 fully saturated rings. The van der Waals surface area contributed by atoms with Gasteiger partial charge in [0.05, 0.1) is 19.8 Å². The number of halogens is 1. The Morgan fingerprint density at radius 2 is 2.22 bits per heavy atom. The molecule has 1 aliphatic rings. The van der Waals surface area contributed by atoms with Crippen molar-refractivity contribution in [2.75, 3.05) is 20.3 Å². The molecular formula is C14H19BrO3. The van der Waals surface area contributed by atoms with Gasteiger partial charge in [-0.1, -0.05) is 15.9 Å². The number of aliphatic hydroxyl groups excluding tert-OH is 1. The van der Waals surface area contributed by atoms with E-state index in [9.17, 15) is 5.11 Å². The fourth-order valence-electron chi connectivity index (χ4n) is 2.54. The van der Waals surface area contributed by atoms with E-state index in [1.807, 2.05) is 19.9 Å². The number of aliphatic hydroxyl groups is 1. The Bertz CT molecular complexity index is 439. The SMILES string of the molecule is COc1c(C)cc(Br)c(C)c1C(O)C1CCOC1. The van der Waals surface area contributed by atoms with Gasteiger partial charge in [0.15, 0.2) is 0 Å². The third-order valence-corrected chi connectivity index (χ3v) is 4.44. The molecule has 1 aliphatic heterocycles. The summed E-state index contributed by atoms with van der Waals surface area (Å²) >= 11 is 3.54. The topological polar surface area (TPSA) is 38.7 Å². The Labute approximate surface area is 116 Å². The molecule has 0 radical (unpaired) electrons. The van der Waals surface area contributed by atoms with E-state index < -0.39 is 6.10 Å². The first kappa shape index (κ1) is 13.8. The second-order valence-corrected chi connectivity index (χ2v) is 5.67. The maximum absolute atomic E-state index is 10.6. The lowest BCUT2D eigenvalue weighted by Crippen LogP contribution is -2.15. The van der Waals surface area contributed by atoms with E-state index in [0.29, 0.717) is 6.61 Å². The van der Waals surface area contributed by atoms with Gasteiger partial charge in [0, 0.05) is 22.6 Å². The zero-order valence-corrected chi connectivity index (χ0v) is 12.6. The van der Waals surface area contributed by atoms with E-state index in [0.717, 1.165) is 39.9 Å². The summed E-state index contributed by atoms with van der Waals surface area (Å²) in [7, 11) is 1.65. The van der Waals surface area contributed by atoms with Gasteiger partial charge in [-0.2, -0.15) is 0 Å². The van der Waals surface area contributed by atoms with Crippen LogP contribution >= 0.6 is 15.9 Å². The van der Waals surface area contributed by atoms with Gasteiger partial charge in [0.1, 0.15) is 5.75 Å². The minimum absolute atomic E-state index is 0.159. The smallest absolute Gasteiger partial charge is 0.127 e. The van der Waals surface area contributed by atoms with Crippen LogP contribution in [0.25, 0.3) is 0 Å². The Morgan fingerprint density at radius 3 is 2.78 bits per heavy atom. The molecule has 1 saturated heterocycles. The molecule has 3 nitrogen and oxygen atoms in total. The molecule has 1 N–H and O–H groups in total. The molecule has 0 aromatic heterocycles. The second kappa shape index (κ2) is 5.59. The predicted molar refractivity (Wildman–Crippen MR) is 74.1 cm³/mol. The lowest BCUT2D eigenvalue weighted by atomic mass is 9.90. The van der Waals surface area contributed by atoms with Crippen molar-refractivity contribution in [1.82, 2.24) is 0 Å². The number of rotatable bonds is 3. The van der Waals surface area contributed by atoms with Crippen LogP contribution in [0.5, 0.6) is 5.75 Å². The normalized spacial score (nSPS) is 21.1. The van der Waals surface area contributed by atoms with Gasteiger partial charge in [-0.25, -0.2) is 0 Å². The monoisotopic (exact) mass is 314 g/mol. The highest BCUT2D eigenvalue weighted by atomic mass is 79.9. The summed E-state index contributed by atoms with van der Waals surface area (Å²) in [6.45, 7) is 5.34. The van der Waals surface area contributed by atoms with Crippen molar-refractivity contribution in [2.24, 2.45) is 5.92 Å². The van der Waals surface area contributed by atoms with Crippen LogP contribution in [0, 0.1) is 19.8 Å². The van der Waals surface area contributed by atoms with Gasteiger partial charge < -0.3 is 14.6 Å². The van der Waals surface area contributed by atoms with Crippen molar-refractivity contribution in [1.29, 1.82) is 0 Å². The van der Waals surface area contributed by atoms with Crippen molar-refractivity contribution in [3.05, 3.63) is 27.2 Å². The fourth-order valence-corrected chi connectivity index (χ4v) is 3.10. The van der Waals surface area contributed by atoms with E-state index in [2.05, 4.69) is 15.9 Å². The standard InChI is InChI=1S/C14H19BrO3/c1-8-6-11(15)9(2)12(14(8)17-3)13(16)10-4-5-18-7-10/h6,10,13,16H,4-5,7H2,1-3H3. The summed E-state index contributed by atoms with van der Waals surface area (Å²) < 4.78 is 11.8. The van der Waals surface area contributed by atoms with Crippen LogP contribution < -0.4 is 4.74 Å². The summed E-state index contributed by atoms with van der Waals surface area (Å²) in [6, 6.07) is 2.02. The molecule has 100 valence electrons. The molecule has 0 aliphatic carbocycles. The van der Waals surface area contributed by atoms with E-state index in [-0.39, 0.29) is 5.92 Å². The fraction of sp³-hybridized carbons (Fsp3) is 0.571. The summed E-state index contributed by atoms with van der Waals surface area (Å²) in [5, 5.41) is 10.6. The van der Waals surface area contributed by atoms with Crippen LogP contribution in [-0.2, 0) is 4.74 Å². The summed E-state index contributed by atoms with van der Waals surface area (Å²) in [5.41, 5.74) is 2.96. The third kappa shape index (κ3) is 2.42. The van der Waals surface area contributed by atoms with Crippen LogP contribution in [-0.4, -0.2) is 25.4 Å². The van der Waals surface area contributed by atoms with Gasteiger partial charge in [-0.15, -0.1) is 0 Å². The van der Waals surface area contributed by atoms with Crippen LogP contribution in [0.1, 0.15) is 29.2 Å². The van der Waals surface area contributed by atoms with Crippen LogP contribution in [0.4, 0.5) is 0 Å². The molecule has 0 spiro atoms. The highest BCUT2D eigenvalue weighted by Gasteiger charge is 2.30. The number of benzene rings is 1. The van der Waals surface area contributed by atoms with Crippen molar-refractivity contribution in [2.45, 2.75) is 26.4 Å². The number of aryl methyl sites for hydroxylation is 1. The van der Waals surface area contributed by atoms with Gasteiger partial charge in [-0.05, 0) is 37.5 Å². The first-order valence-electron chi connectivity index (χ1n) is 6.15. The number of ether oxygens (including phenoxy) is 2. The molecule has 0 saturated carbocycles. The zero-order chi connectivity index (χ0) is 13.3. The summed E-state index contributed by atoms with van der Waals surface area (Å²) in [6.07, 6.45) is 0.369. The van der Waals surface area contributed by atoms with Crippen molar-refractivity contribution >= 4 is 15.9 Å². The predicted octanol–water partition coefficient (Wildman–Crippen LogP) is 3.14. The maximum atomic E-state index is 10.6. The van der Waals surface area contributed by atoms with E-state index in [1.54, 1.807) is 7.11 Å². The second-order valence-electron chi connectivity index (χ2n) is 4.82. The van der Waals surface area contributed by atoms with Crippen LogP contribution in [0.2, 0.25) is 0 Å². The molecule has 1 aromatic rings. The van der Waals surface area contributed by atoms with Crippen molar-refractivity contribution < 1.29 is 14.6 Å². The third-order valence-electron chi connectivity index (χ3n) is 3.62. The number of hydrogen-bond acceptors (Lipinski definition) is 3. The highest BCUT2D eigenvalue weighted by Crippen LogP contribution is 2.40. The number of hydrogen-bond donors (Lipinski definition) is 1. The molecule has 1 aromatic carbocycles. The molecule has 0 bridgehead atoms. The molecular weight excluding hydrogens is 296 g/mol. The largest absolute Gasteiger partial charge is 0.496 e. The Kier molecular flexibility index (Phi) is 4.30. The lowest BCUT2D eigenvalue weighted by molar-refractivity contribution is 0.0890. The Balaban J connectivity index is 2.46. The first-order valence-corrected chi connectivity index (χ1v) is 6.95. The Morgan fingerprint density at radius 1 is 1.50 bits per heavy atom. The van der Waals surface area contributed by atoms with Crippen molar-refractivity contribution in [3.63, 3.8) is 0 Å². The molecule has 18 heavy (non-hydrogen) atoms. The van der Waals surface area contributed by atoms with E-state index >= 15 is 0 Å². The molecule has 1 heterocycles. The maximum Gasteiger partial charge on any atom is 0.127 e. The van der Waals surface area contributed by atoms with Gasteiger partial charge in [0.25, 0.3) is 0 Å². The molecule has 2 unspecified atom stereocenters. The van der Waals surface area contributed by atoms with Gasteiger partial charge in [0.2, 0.25) is 0 Å².